The summed E-state index contributed by atoms with van der Waals surface area (Å²) < 4.78 is 5.46. The van der Waals surface area contributed by atoms with Crippen molar-refractivity contribution in [3.63, 3.8) is 0 Å². The van der Waals surface area contributed by atoms with Crippen LogP contribution in [-0.4, -0.2) is 9.91 Å². The number of nitro groups is 1. The van der Waals surface area contributed by atoms with Gasteiger partial charge in [-0.05, 0) is 12.1 Å². The first kappa shape index (κ1) is 12.3. The molecule has 0 bridgehead atoms. The Labute approximate surface area is 108 Å². The SMILES string of the molecule is O=[N+]([O-])c1ccc(OCc2cccnc2)c(Cl)c1. The van der Waals surface area contributed by atoms with Crippen LogP contribution in [0.2, 0.25) is 5.02 Å². The highest BCUT2D eigenvalue weighted by Crippen LogP contribution is 2.29. The first-order valence-electron chi connectivity index (χ1n) is 5.12. The van der Waals surface area contributed by atoms with Crippen molar-refractivity contribution in [1.29, 1.82) is 0 Å². The molecule has 0 unspecified atom stereocenters. The predicted octanol–water partition coefficient (Wildman–Crippen LogP) is 3.22. The molecule has 0 fully saturated rings. The molecule has 0 aliphatic carbocycles. The Morgan fingerprint density at radius 2 is 2.22 bits per heavy atom. The van der Waals surface area contributed by atoms with Crippen molar-refractivity contribution in [2.75, 3.05) is 0 Å². The average Bonchev–Trinajstić information content (AvgIpc) is 2.38. The molecule has 2 rings (SSSR count). The van der Waals surface area contributed by atoms with Crippen LogP contribution in [0.25, 0.3) is 0 Å². The summed E-state index contributed by atoms with van der Waals surface area (Å²) in [6.45, 7) is 0.311. The second-order valence-electron chi connectivity index (χ2n) is 3.52. The summed E-state index contributed by atoms with van der Waals surface area (Å²) in [4.78, 5) is 14.0. The van der Waals surface area contributed by atoms with E-state index in [0.717, 1.165) is 5.56 Å². The van der Waals surface area contributed by atoms with Crippen LogP contribution in [-0.2, 0) is 6.61 Å². The summed E-state index contributed by atoms with van der Waals surface area (Å²) in [5.41, 5.74) is 0.834. The number of benzene rings is 1. The van der Waals surface area contributed by atoms with Crippen molar-refractivity contribution in [2.24, 2.45) is 0 Å². The number of ether oxygens (including phenoxy) is 1. The molecule has 2 aromatic rings. The lowest BCUT2D eigenvalue weighted by Gasteiger charge is -2.07. The Balaban J connectivity index is 2.08. The van der Waals surface area contributed by atoms with Crippen LogP contribution < -0.4 is 4.74 Å². The first-order valence-corrected chi connectivity index (χ1v) is 5.50. The third-order valence-corrected chi connectivity index (χ3v) is 2.54. The molecule has 0 saturated heterocycles. The van der Waals surface area contributed by atoms with Crippen LogP contribution in [0.1, 0.15) is 5.56 Å². The molecule has 18 heavy (non-hydrogen) atoms. The second kappa shape index (κ2) is 5.46. The number of hydrogen-bond donors (Lipinski definition) is 0. The van der Waals surface area contributed by atoms with Crippen LogP contribution in [0.5, 0.6) is 5.75 Å². The topological polar surface area (TPSA) is 65.3 Å². The molecule has 0 radical (unpaired) electrons. The van der Waals surface area contributed by atoms with Crippen LogP contribution in [0.15, 0.2) is 42.7 Å². The minimum absolute atomic E-state index is 0.0614. The van der Waals surface area contributed by atoms with Crippen molar-refractivity contribution in [2.45, 2.75) is 6.61 Å². The molecule has 0 atom stereocenters. The minimum atomic E-state index is -0.503. The highest BCUT2D eigenvalue weighted by molar-refractivity contribution is 6.32. The van der Waals surface area contributed by atoms with E-state index in [9.17, 15) is 10.1 Å². The van der Waals surface area contributed by atoms with E-state index in [0.29, 0.717) is 12.4 Å². The lowest BCUT2D eigenvalue weighted by atomic mass is 10.3. The number of nitrogens with zero attached hydrogens (tertiary/aromatic N) is 2. The predicted molar refractivity (Wildman–Crippen MR) is 66.7 cm³/mol. The fraction of sp³-hybridized carbons (Fsp3) is 0.0833. The molecule has 0 spiro atoms. The maximum atomic E-state index is 10.5. The Bertz CT molecular complexity index is 561. The van der Waals surface area contributed by atoms with E-state index in [1.165, 1.54) is 18.2 Å². The molecule has 1 aromatic carbocycles. The van der Waals surface area contributed by atoms with Crippen LogP contribution in [0.3, 0.4) is 0 Å². The van der Waals surface area contributed by atoms with Gasteiger partial charge in [0.25, 0.3) is 5.69 Å². The van der Waals surface area contributed by atoms with Crippen LogP contribution >= 0.6 is 11.6 Å². The van der Waals surface area contributed by atoms with E-state index in [2.05, 4.69) is 4.98 Å². The molecule has 0 aliphatic heterocycles. The number of rotatable bonds is 4. The van der Waals surface area contributed by atoms with Gasteiger partial charge in [-0.2, -0.15) is 0 Å². The summed E-state index contributed by atoms with van der Waals surface area (Å²) in [6, 6.07) is 7.77. The normalized spacial score (nSPS) is 10.1. The summed E-state index contributed by atoms with van der Waals surface area (Å²) >= 11 is 5.89. The zero-order chi connectivity index (χ0) is 13.0. The summed E-state index contributed by atoms with van der Waals surface area (Å²) in [6.07, 6.45) is 3.35. The summed E-state index contributed by atoms with van der Waals surface area (Å²) in [7, 11) is 0. The Morgan fingerprint density at radius 3 is 2.83 bits per heavy atom. The van der Waals surface area contributed by atoms with Gasteiger partial charge in [-0.25, -0.2) is 0 Å². The number of aromatic nitrogens is 1. The monoisotopic (exact) mass is 264 g/mol. The largest absolute Gasteiger partial charge is 0.487 e. The van der Waals surface area contributed by atoms with Crippen molar-refractivity contribution < 1.29 is 9.66 Å². The minimum Gasteiger partial charge on any atom is -0.487 e. The molecule has 0 amide bonds. The van der Waals surface area contributed by atoms with Gasteiger partial charge in [-0.1, -0.05) is 17.7 Å². The van der Waals surface area contributed by atoms with Gasteiger partial charge in [-0.3, -0.25) is 15.1 Å². The van der Waals surface area contributed by atoms with Gasteiger partial charge in [0.05, 0.1) is 9.95 Å². The van der Waals surface area contributed by atoms with E-state index >= 15 is 0 Å². The Kier molecular flexibility index (Phi) is 3.74. The summed E-state index contributed by atoms with van der Waals surface area (Å²) in [5, 5.41) is 10.8. The van der Waals surface area contributed by atoms with Gasteiger partial charge in [0.15, 0.2) is 0 Å². The number of pyridine rings is 1. The van der Waals surface area contributed by atoms with E-state index in [-0.39, 0.29) is 10.7 Å². The smallest absolute Gasteiger partial charge is 0.271 e. The zero-order valence-electron chi connectivity index (χ0n) is 9.25. The fourth-order valence-electron chi connectivity index (χ4n) is 1.36. The van der Waals surface area contributed by atoms with Crippen molar-refractivity contribution in [3.05, 3.63) is 63.4 Å². The highest BCUT2D eigenvalue weighted by Gasteiger charge is 2.10. The van der Waals surface area contributed by atoms with Crippen LogP contribution in [0, 0.1) is 10.1 Å². The Morgan fingerprint density at radius 1 is 1.39 bits per heavy atom. The Hall–Kier alpha value is -2.14. The number of halogens is 1. The lowest BCUT2D eigenvalue weighted by molar-refractivity contribution is -0.384. The van der Waals surface area contributed by atoms with E-state index < -0.39 is 4.92 Å². The quantitative estimate of drug-likeness (QED) is 0.628. The molecule has 1 heterocycles. The second-order valence-corrected chi connectivity index (χ2v) is 3.93. The molecule has 0 aliphatic rings. The number of nitro benzene ring substituents is 1. The molecule has 6 heteroatoms. The number of non-ortho nitro benzene ring substituents is 1. The lowest BCUT2D eigenvalue weighted by Crippen LogP contribution is -1.97. The van der Waals surface area contributed by atoms with Gasteiger partial charge in [0.1, 0.15) is 12.4 Å². The van der Waals surface area contributed by atoms with E-state index in [1.807, 2.05) is 6.07 Å². The number of hydrogen-bond acceptors (Lipinski definition) is 4. The van der Waals surface area contributed by atoms with Crippen molar-refractivity contribution >= 4 is 17.3 Å². The molecule has 92 valence electrons. The van der Waals surface area contributed by atoms with Gasteiger partial charge in [0.2, 0.25) is 0 Å². The van der Waals surface area contributed by atoms with Gasteiger partial charge in [-0.15, -0.1) is 0 Å². The molecule has 0 saturated carbocycles. The zero-order valence-corrected chi connectivity index (χ0v) is 10.0. The standard InChI is InChI=1S/C12H9ClN2O3/c13-11-6-10(15(16)17)3-4-12(11)18-8-9-2-1-5-14-7-9/h1-7H,8H2. The van der Waals surface area contributed by atoms with Crippen molar-refractivity contribution in [1.82, 2.24) is 4.98 Å². The van der Waals surface area contributed by atoms with E-state index in [4.69, 9.17) is 16.3 Å². The third-order valence-electron chi connectivity index (χ3n) is 2.24. The average molecular weight is 265 g/mol. The molecule has 0 N–H and O–H groups in total. The highest BCUT2D eigenvalue weighted by atomic mass is 35.5. The molecular formula is C12H9ClN2O3. The van der Waals surface area contributed by atoms with Gasteiger partial charge < -0.3 is 4.74 Å². The maximum Gasteiger partial charge on any atom is 0.271 e. The van der Waals surface area contributed by atoms with Gasteiger partial charge in [0, 0.05) is 30.1 Å². The third kappa shape index (κ3) is 2.95. The first-order chi connectivity index (χ1) is 8.66. The van der Waals surface area contributed by atoms with Crippen LogP contribution in [0.4, 0.5) is 5.69 Å². The van der Waals surface area contributed by atoms with E-state index in [1.54, 1.807) is 18.5 Å². The molecular weight excluding hydrogens is 256 g/mol. The maximum absolute atomic E-state index is 10.5. The van der Waals surface area contributed by atoms with Gasteiger partial charge >= 0.3 is 0 Å². The molecule has 1 aromatic heterocycles. The fourth-order valence-corrected chi connectivity index (χ4v) is 1.59. The molecule has 5 nitrogen and oxygen atoms in total. The van der Waals surface area contributed by atoms with Crippen molar-refractivity contribution in [3.8, 4) is 5.75 Å². The summed E-state index contributed by atoms with van der Waals surface area (Å²) in [5.74, 6) is 0.408.